The van der Waals surface area contributed by atoms with E-state index in [1.54, 1.807) is 38.1 Å². The molecule has 0 unspecified atom stereocenters. The van der Waals surface area contributed by atoms with E-state index in [1.807, 2.05) is 51.1 Å². The van der Waals surface area contributed by atoms with Crippen LogP contribution in [0.4, 0.5) is 4.79 Å². The summed E-state index contributed by atoms with van der Waals surface area (Å²) in [5, 5.41) is 11.5. The molecule has 1 atom stereocenters. The lowest BCUT2D eigenvalue weighted by atomic mass is 9.88. The number of ether oxygens (including phenoxy) is 2. The number of guanidine groups is 1. The molecule has 0 saturated carbocycles. The highest BCUT2D eigenvalue weighted by atomic mass is 32.2. The summed E-state index contributed by atoms with van der Waals surface area (Å²) in [5.74, 6) is -0.531. The molecule has 2 amide bonds. The highest BCUT2D eigenvalue weighted by Crippen LogP contribution is 2.42. The number of nitrogens with two attached hydrogens (primary N) is 2. The van der Waals surface area contributed by atoms with Crippen LogP contribution in [0, 0.1) is 26.2 Å². The van der Waals surface area contributed by atoms with Gasteiger partial charge in [0, 0.05) is 6.54 Å². The predicted molar refractivity (Wildman–Crippen MR) is 188 cm³/mol. The molecule has 0 spiro atoms. The lowest BCUT2D eigenvalue weighted by Crippen LogP contribution is -2.51. The summed E-state index contributed by atoms with van der Waals surface area (Å²) < 4.78 is 41.8. The van der Waals surface area contributed by atoms with Gasteiger partial charge in [-0.1, -0.05) is 54.6 Å². The molecule has 0 aliphatic carbocycles. The van der Waals surface area contributed by atoms with Gasteiger partial charge in [-0.25, -0.2) is 17.9 Å². The van der Waals surface area contributed by atoms with E-state index < -0.39 is 34.0 Å². The van der Waals surface area contributed by atoms with Crippen LogP contribution in [0.1, 0.15) is 72.1 Å². The molecular weight excluding hydrogens is 644 g/mol. The number of carbonyl (C=O) groups is 2. The summed E-state index contributed by atoms with van der Waals surface area (Å²) in [6.07, 6.45) is 1.57. The Hall–Kier alpha value is -4.46. The third-order valence-corrected chi connectivity index (χ3v) is 10.4. The van der Waals surface area contributed by atoms with Crippen molar-refractivity contribution in [3.8, 4) is 5.75 Å². The Labute approximate surface area is 289 Å². The average Bonchev–Trinajstić information content (AvgIpc) is 3.06. The number of hydrogen-bond acceptors (Lipinski definition) is 9. The van der Waals surface area contributed by atoms with Crippen molar-refractivity contribution < 1.29 is 27.5 Å². The first-order valence-electron chi connectivity index (χ1n) is 16.4. The minimum Gasteiger partial charge on any atom is -0.487 e. The molecule has 49 heavy (non-hydrogen) atoms. The van der Waals surface area contributed by atoms with Crippen LogP contribution in [0.3, 0.4) is 0 Å². The number of alkyl carbamates (subject to hydrolysis) is 1. The van der Waals surface area contributed by atoms with Crippen LogP contribution in [0.2, 0.25) is 0 Å². The third kappa shape index (κ3) is 9.37. The Morgan fingerprint density at radius 2 is 1.65 bits per heavy atom. The zero-order valence-electron chi connectivity index (χ0n) is 28.9. The monoisotopic (exact) mass is 692 g/mol. The molecule has 0 radical (unpaired) electrons. The van der Waals surface area contributed by atoms with Crippen LogP contribution < -0.4 is 26.2 Å². The first-order chi connectivity index (χ1) is 23.1. The van der Waals surface area contributed by atoms with Gasteiger partial charge in [0.05, 0.1) is 17.5 Å². The van der Waals surface area contributed by atoms with E-state index >= 15 is 0 Å². The first-order valence-corrected chi connectivity index (χ1v) is 17.8. The van der Waals surface area contributed by atoms with Crippen molar-refractivity contribution in [1.82, 2.24) is 14.9 Å². The van der Waals surface area contributed by atoms with E-state index in [-0.39, 0.29) is 36.6 Å². The fourth-order valence-corrected chi connectivity index (χ4v) is 7.36. The number of amides is 2. The zero-order chi connectivity index (χ0) is 35.9. The molecule has 13 heteroatoms. The van der Waals surface area contributed by atoms with Gasteiger partial charge in [-0.2, -0.15) is 0 Å². The molecule has 3 aromatic rings. The maximum absolute atomic E-state index is 13.9. The van der Waals surface area contributed by atoms with Gasteiger partial charge in [0.15, 0.2) is 0 Å². The second kappa shape index (κ2) is 15.8. The minimum atomic E-state index is -4.30. The maximum atomic E-state index is 13.9. The van der Waals surface area contributed by atoms with Crippen molar-refractivity contribution >= 4 is 28.0 Å². The Kier molecular flexibility index (Phi) is 12.1. The summed E-state index contributed by atoms with van der Waals surface area (Å²) in [4.78, 5) is 26.9. The fraction of sp³-hybridized carbons (Fsp3) is 0.417. The van der Waals surface area contributed by atoms with Gasteiger partial charge < -0.3 is 26.3 Å². The van der Waals surface area contributed by atoms with Gasteiger partial charge in [-0.15, -0.1) is 0 Å². The van der Waals surface area contributed by atoms with Crippen LogP contribution in [0.25, 0.3) is 0 Å². The maximum Gasteiger partial charge on any atom is 0.407 e. The molecule has 3 aromatic carbocycles. The van der Waals surface area contributed by atoms with E-state index in [9.17, 15) is 18.0 Å². The van der Waals surface area contributed by atoms with Crippen LogP contribution in [0.5, 0.6) is 5.75 Å². The lowest BCUT2D eigenvalue weighted by molar-refractivity contribution is -0.129. The standard InChI is InChI=1S/C36H48N6O6S/c1-23-24(2)32(25(3)29-17-18-36(4,5)48-31(23)29)49(45,46)41-34(39)42(33(43)30(38)12-9-19-37)21-27-15-13-26(14-16-27)20-40-35(44)47-22-28-10-7-6-8-11-28/h6-8,10-11,13-16,30H,9,12,17-22,37-38H2,1-5H3,(H2,39,41)(H,40,44)/t30-/m1/s1. The van der Waals surface area contributed by atoms with E-state index in [0.717, 1.165) is 33.6 Å². The molecule has 264 valence electrons. The first kappa shape index (κ1) is 37.4. The normalized spacial score (nSPS) is 14.2. The summed E-state index contributed by atoms with van der Waals surface area (Å²) in [6.45, 7) is 9.88. The molecule has 0 saturated heterocycles. The van der Waals surface area contributed by atoms with Gasteiger partial charge in [-0.3, -0.25) is 15.1 Å². The quantitative estimate of drug-likeness (QED) is 0.136. The topological polar surface area (TPSA) is 190 Å². The molecule has 7 N–H and O–H groups in total. The van der Waals surface area contributed by atoms with Gasteiger partial charge in [0.1, 0.15) is 18.0 Å². The summed E-state index contributed by atoms with van der Waals surface area (Å²) >= 11 is 0. The highest BCUT2D eigenvalue weighted by molar-refractivity contribution is 7.90. The number of rotatable bonds is 12. The van der Waals surface area contributed by atoms with E-state index in [1.165, 1.54) is 0 Å². The molecule has 0 fully saturated rings. The molecule has 1 heterocycles. The molecular formula is C36H48N6O6S. The Morgan fingerprint density at radius 3 is 2.31 bits per heavy atom. The molecule has 4 rings (SSSR count). The average molecular weight is 693 g/mol. The van der Waals surface area contributed by atoms with E-state index in [0.29, 0.717) is 41.8 Å². The SMILES string of the molecule is Cc1c(C)c(S(=O)(=O)NC(=N)N(Cc2ccc(CNC(=O)OCc3ccccc3)cc2)C(=O)[C@H](N)CCCN)c(C)c2c1OC(C)(C)CC2. The Balaban J connectivity index is 1.50. The summed E-state index contributed by atoms with van der Waals surface area (Å²) in [6, 6.07) is 15.4. The molecule has 1 aliphatic heterocycles. The van der Waals surface area contributed by atoms with Crippen molar-refractivity contribution in [3.05, 3.63) is 93.5 Å². The number of fused-ring (bicyclic) bond motifs is 1. The van der Waals surface area contributed by atoms with Crippen molar-refractivity contribution in [2.75, 3.05) is 6.54 Å². The van der Waals surface area contributed by atoms with Crippen molar-refractivity contribution in [3.63, 3.8) is 0 Å². The smallest absolute Gasteiger partial charge is 0.407 e. The van der Waals surface area contributed by atoms with Crippen LogP contribution in [-0.4, -0.2) is 49.5 Å². The molecule has 12 nitrogen and oxygen atoms in total. The molecule has 0 aromatic heterocycles. The zero-order valence-corrected chi connectivity index (χ0v) is 29.7. The van der Waals surface area contributed by atoms with Crippen molar-refractivity contribution in [2.24, 2.45) is 11.5 Å². The van der Waals surface area contributed by atoms with Crippen molar-refractivity contribution in [2.45, 2.75) is 96.5 Å². The number of hydrogen-bond donors (Lipinski definition) is 5. The van der Waals surface area contributed by atoms with Gasteiger partial charge in [0.2, 0.25) is 11.9 Å². The minimum absolute atomic E-state index is 0.0655. The summed E-state index contributed by atoms with van der Waals surface area (Å²) in [7, 11) is -4.30. The Bertz CT molecular complexity index is 1780. The van der Waals surface area contributed by atoms with Crippen LogP contribution in [-0.2, 0) is 45.7 Å². The number of nitrogens with zero attached hydrogens (tertiary/aromatic N) is 1. The van der Waals surface area contributed by atoms with Gasteiger partial charge >= 0.3 is 6.09 Å². The predicted octanol–water partition coefficient (Wildman–Crippen LogP) is 4.45. The highest BCUT2D eigenvalue weighted by Gasteiger charge is 2.35. The molecule has 0 bridgehead atoms. The van der Waals surface area contributed by atoms with Gasteiger partial charge in [0.25, 0.3) is 10.0 Å². The van der Waals surface area contributed by atoms with E-state index in [2.05, 4.69) is 10.0 Å². The van der Waals surface area contributed by atoms with Crippen LogP contribution >= 0.6 is 0 Å². The van der Waals surface area contributed by atoms with Crippen LogP contribution in [0.15, 0.2) is 59.5 Å². The lowest BCUT2D eigenvalue weighted by Gasteiger charge is -2.35. The number of nitrogens with one attached hydrogen (secondary N) is 3. The second-order valence-corrected chi connectivity index (χ2v) is 14.6. The fourth-order valence-electron chi connectivity index (χ4n) is 5.81. The molecule has 1 aliphatic rings. The van der Waals surface area contributed by atoms with Crippen molar-refractivity contribution in [1.29, 1.82) is 5.41 Å². The number of benzene rings is 3. The summed E-state index contributed by atoms with van der Waals surface area (Å²) in [5.41, 5.74) is 16.3. The number of sulfonamides is 1. The van der Waals surface area contributed by atoms with E-state index in [4.69, 9.17) is 26.4 Å². The Morgan fingerprint density at radius 1 is 1.00 bits per heavy atom. The van der Waals surface area contributed by atoms with Gasteiger partial charge in [-0.05, 0) is 106 Å². The largest absolute Gasteiger partial charge is 0.487 e. The number of carbonyl (C=O) groups excluding carboxylic acids is 2. The second-order valence-electron chi connectivity index (χ2n) is 13.0. The third-order valence-electron chi connectivity index (χ3n) is 8.75.